The highest BCUT2D eigenvalue weighted by Gasteiger charge is 2.25. The van der Waals surface area contributed by atoms with Crippen LogP contribution in [0.15, 0.2) is 18.2 Å². The second-order valence-electron chi connectivity index (χ2n) is 5.29. The Labute approximate surface area is 103 Å². The number of fused-ring (bicyclic) bond motifs is 1. The number of rotatable bonds is 4. The Balaban J connectivity index is 1.82. The first-order chi connectivity index (χ1) is 8.28. The molecule has 1 saturated carbocycles. The molecule has 3 heteroatoms. The highest BCUT2D eigenvalue weighted by Crippen LogP contribution is 2.30. The summed E-state index contributed by atoms with van der Waals surface area (Å²) in [5.74, 6) is 0. The second kappa shape index (κ2) is 4.31. The van der Waals surface area contributed by atoms with Crippen molar-refractivity contribution in [2.45, 2.75) is 31.3 Å². The monoisotopic (exact) mass is 231 g/mol. The third-order valence-corrected chi connectivity index (χ3v) is 3.88. The fourth-order valence-corrected chi connectivity index (χ4v) is 2.64. The van der Waals surface area contributed by atoms with E-state index in [2.05, 4.69) is 35.5 Å². The second-order valence-corrected chi connectivity index (χ2v) is 5.29. The number of nitrogens with zero attached hydrogens (tertiary/aromatic N) is 1. The van der Waals surface area contributed by atoms with Gasteiger partial charge >= 0.3 is 0 Å². The summed E-state index contributed by atoms with van der Waals surface area (Å²) in [6.45, 7) is 1.83. The number of hydrogen-bond donors (Lipinski definition) is 2. The van der Waals surface area contributed by atoms with Crippen LogP contribution in [0.3, 0.4) is 0 Å². The Kier molecular flexibility index (Phi) is 2.81. The average Bonchev–Trinajstić information content (AvgIpc) is 3.10. The van der Waals surface area contributed by atoms with Gasteiger partial charge in [0.15, 0.2) is 0 Å². The van der Waals surface area contributed by atoms with Gasteiger partial charge in [-0.3, -0.25) is 0 Å². The van der Waals surface area contributed by atoms with Crippen LogP contribution in [0.25, 0.3) is 0 Å². The molecule has 1 aromatic rings. The lowest BCUT2D eigenvalue weighted by Gasteiger charge is -2.19. The van der Waals surface area contributed by atoms with E-state index in [0.717, 1.165) is 6.54 Å². The lowest BCUT2D eigenvalue weighted by atomic mass is 10.0. The van der Waals surface area contributed by atoms with Gasteiger partial charge in [-0.25, -0.2) is 0 Å². The molecule has 0 radical (unpaired) electrons. The number of nitrogens with one attached hydrogen (secondary N) is 1. The largest absolute Gasteiger partial charge is 0.374 e. The average molecular weight is 231 g/mol. The molecule has 1 heterocycles. The van der Waals surface area contributed by atoms with Crippen molar-refractivity contribution >= 4 is 5.69 Å². The molecule has 17 heavy (non-hydrogen) atoms. The molecule has 1 fully saturated rings. The molecule has 0 amide bonds. The fourth-order valence-electron chi connectivity index (χ4n) is 2.64. The van der Waals surface area contributed by atoms with Crippen LogP contribution in [0.5, 0.6) is 0 Å². The maximum atomic E-state index is 5.88. The number of anilines is 1. The molecule has 0 aromatic heterocycles. The molecule has 1 unspecified atom stereocenters. The van der Waals surface area contributed by atoms with Crippen molar-refractivity contribution in [3.8, 4) is 0 Å². The zero-order chi connectivity index (χ0) is 11.8. The van der Waals surface area contributed by atoms with E-state index in [4.69, 9.17) is 5.73 Å². The summed E-state index contributed by atoms with van der Waals surface area (Å²) in [5, 5.41) is 3.62. The molecule has 0 saturated heterocycles. The minimum absolute atomic E-state index is 0.332. The quantitative estimate of drug-likeness (QED) is 0.823. The lowest BCUT2D eigenvalue weighted by Crippen LogP contribution is -2.29. The predicted octanol–water partition coefficient (Wildman–Crippen LogP) is 1.43. The van der Waals surface area contributed by atoms with Crippen LogP contribution in [-0.2, 0) is 6.42 Å². The van der Waals surface area contributed by atoms with Gasteiger partial charge in [0.25, 0.3) is 0 Å². The van der Waals surface area contributed by atoms with Crippen LogP contribution in [-0.4, -0.2) is 26.2 Å². The Morgan fingerprint density at radius 2 is 2.29 bits per heavy atom. The van der Waals surface area contributed by atoms with Crippen molar-refractivity contribution in [3.63, 3.8) is 0 Å². The number of likely N-dealkylation sites (N-methyl/N-ethyl adjacent to an activating group) is 1. The van der Waals surface area contributed by atoms with Gasteiger partial charge in [-0.05, 0) is 36.5 Å². The lowest BCUT2D eigenvalue weighted by molar-refractivity contribution is 0.538. The summed E-state index contributed by atoms with van der Waals surface area (Å²) >= 11 is 0. The van der Waals surface area contributed by atoms with Gasteiger partial charge in [0.05, 0.1) is 0 Å². The summed E-state index contributed by atoms with van der Waals surface area (Å²) < 4.78 is 0. The smallest absolute Gasteiger partial charge is 0.0446 e. The summed E-state index contributed by atoms with van der Waals surface area (Å²) in [5.41, 5.74) is 10.1. The summed E-state index contributed by atoms with van der Waals surface area (Å²) in [6.07, 6.45) is 3.79. The zero-order valence-electron chi connectivity index (χ0n) is 10.4. The van der Waals surface area contributed by atoms with Crippen LogP contribution in [0.2, 0.25) is 0 Å². The highest BCUT2D eigenvalue weighted by atomic mass is 15.1. The van der Waals surface area contributed by atoms with E-state index in [0.29, 0.717) is 18.6 Å². The molecular formula is C14H21N3. The molecule has 2 aliphatic rings. The van der Waals surface area contributed by atoms with Crippen LogP contribution in [0.1, 0.15) is 30.0 Å². The fraction of sp³-hybridized carbons (Fsp3) is 0.571. The minimum Gasteiger partial charge on any atom is -0.374 e. The maximum Gasteiger partial charge on any atom is 0.0446 e. The van der Waals surface area contributed by atoms with Gasteiger partial charge in [-0.15, -0.1) is 0 Å². The maximum absolute atomic E-state index is 5.88. The van der Waals surface area contributed by atoms with E-state index in [9.17, 15) is 0 Å². The van der Waals surface area contributed by atoms with Gasteiger partial charge in [0.1, 0.15) is 0 Å². The molecule has 92 valence electrons. The Bertz CT molecular complexity index is 412. The summed E-state index contributed by atoms with van der Waals surface area (Å²) in [6, 6.07) is 7.85. The highest BCUT2D eigenvalue weighted by molar-refractivity contribution is 5.58. The number of benzene rings is 1. The standard InChI is InChI=1S/C14H21N3/c1-17-7-6-11-8-10(2-5-14(11)17)13(9-15)16-12-3-4-12/h2,5,8,12-13,16H,3-4,6-7,9,15H2,1H3. The molecule has 3 N–H and O–H groups in total. The van der Waals surface area contributed by atoms with E-state index in [1.54, 1.807) is 0 Å². The van der Waals surface area contributed by atoms with E-state index in [-0.39, 0.29) is 0 Å². The Morgan fingerprint density at radius 3 is 3.00 bits per heavy atom. The van der Waals surface area contributed by atoms with E-state index in [1.807, 2.05) is 0 Å². The normalized spacial score (nSPS) is 20.5. The third-order valence-electron chi connectivity index (χ3n) is 3.88. The molecule has 3 rings (SSSR count). The van der Waals surface area contributed by atoms with Crippen molar-refractivity contribution in [2.75, 3.05) is 25.0 Å². The van der Waals surface area contributed by atoms with Gasteiger partial charge in [0.2, 0.25) is 0 Å². The van der Waals surface area contributed by atoms with Crippen LogP contribution < -0.4 is 16.0 Å². The van der Waals surface area contributed by atoms with Crippen LogP contribution in [0.4, 0.5) is 5.69 Å². The van der Waals surface area contributed by atoms with Crippen LogP contribution in [0, 0.1) is 0 Å². The van der Waals surface area contributed by atoms with E-state index < -0.39 is 0 Å². The van der Waals surface area contributed by atoms with Crippen LogP contribution >= 0.6 is 0 Å². The van der Waals surface area contributed by atoms with Crippen molar-refractivity contribution in [2.24, 2.45) is 5.73 Å². The van der Waals surface area contributed by atoms with Gasteiger partial charge in [-0.2, -0.15) is 0 Å². The predicted molar refractivity (Wildman–Crippen MR) is 71.4 cm³/mol. The molecule has 1 aromatic carbocycles. The van der Waals surface area contributed by atoms with Crippen molar-refractivity contribution < 1.29 is 0 Å². The Morgan fingerprint density at radius 1 is 1.47 bits per heavy atom. The molecular weight excluding hydrogens is 210 g/mol. The molecule has 1 aliphatic heterocycles. The molecule has 0 bridgehead atoms. The first kappa shape index (κ1) is 11.1. The van der Waals surface area contributed by atoms with E-state index >= 15 is 0 Å². The van der Waals surface area contributed by atoms with E-state index in [1.165, 1.54) is 36.1 Å². The number of nitrogens with two attached hydrogens (primary N) is 1. The molecule has 3 nitrogen and oxygen atoms in total. The molecule has 1 atom stereocenters. The summed E-state index contributed by atoms with van der Waals surface area (Å²) in [7, 11) is 2.16. The number of hydrogen-bond acceptors (Lipinski definition) is 3. The third kappa shape index (κ3) is 2.17. The van der Waals surface area contributed by atoms with Gasteiger partial charge in [0, 0.05) is 37.9 Å². The van der Waals surface area contributed by atoms with Crippen molar-refractivity contribution in [1.82, 2.24) is 5.32 Å². The van der Waals surface area contributed by atoms with Gasteiger partial charge < -0.3 is 16.0 Å². The minimum atomic E-state index is 0.332. The molecule has 0 spiro atoms. The zero-order valence-corrected chi connectivity index (χ0v) is 10.4. The first-order valence-corrected chi connectivity index (χ1v) is 6.58. The summed E-state index contributed by atoms with van der Waals surface area (Å²) in [4.78, 5) is 2.32. The Hall–Kier alpha value is -1.06. The SMILES string of the molecule is CN1CCc2cc(C(CN)NC3CC3)ccc21. The topological polar surface area (TPSA) is 41.3 Å². The van der Waals surface area contributed by atoms with Gasteiger partial charge in [-0.1, -0.05) is 12.1 Å². The first-order valence-electron chi connectivity index (χ1n) is 6.58. The molecule has 1 aliphatic carbocycles. The van der Waals surface area contributed by atoms with Crippen molar-refractivity contribution in [1.29, 1.82) is 0 Å². The van der Waals surface area contributed by atoms with Crippen molar-refractivity contribution in [3.05, 3.63) is 29.3 Å².